The van der Waals surface area contributed by atoms with E-state index in [0.717, 1.165) is 19.5 Å². The van der Waals surface area contributed by atoms with Gasteiger partial charge in [-0.2, -0.15) is 0 Å². The van der Waals surface area contributed by atoms with E-state index < -0.39 is 0 Å². The zero-order valence-corrected chi connectivity index (χ0v) is 10.4. The van der Waals surface area contributed by atoms with Crippen molar-refractivity contribution < 1.29 is 4.79 Å². The smallest absolute Gasteiger partial charge is 0.237 e. The standard InChI is InChI=1S/C12H24N2O/c1-5-13-11(15)10-8-9(6-7-14-10)12(2,3)4/h9-10,14H,5-8H2,1-4H3,(H,13,15). The van der Waals surface area contributed by atoms with Crippen LogP contribution in [0.2, 0.25) is 0 Å². The molecule has 0 saturated carbocycles. The average Bonchev–Trinajstić information content (AvgIpc) is 2.17. The number of rotatable bonds is 2. The summed E-state index contributed by atoms with van der Waals surface area (Å²) < 4.78 is 0. The van der Waals surface area contributed by atoms with E-state index in [-0.39, 0.29) is 11.9 Å². The quantitative estimate of drug-likeness (QED) is 0.729. The van der Waals surface area contributed by atoms with Gasteiger partial charge in [0.15, 0.2) is 0 Å². The third kappa shape index (κ3) is 3.49. The van der Waals surface area contributed by atoms with Crippen LogP contribution in [0.15, 0.2) is 0 Å². The van der Waals surface area contributed by atoms with Crippen LogP contribution in [0, 0.1) is 11.3 Å². The normalized spacial score (nSPS) is 27.5. The van der Waals surface area contributed by atoms with Crippen LogP contribution in [0.1, 0.15) is 40.5 Å². The molecule has 2 N–H and O–H groups in total. The Morgan fingerprint density at radius 1 is 1.47 bits per heavy atom. The molecule has 1 aliphatic rings. The Kier molecular flexibility index (Phi) is 4.14. The molecule has 0 spiro atoms. The molecule has 1 aliphatic heterocycles. The number of nitrogens with one attached hydrogen (secondary N) is 2. The number of piperidine rings is 1. The first-order chi connectivity index (χ1) is 6.95. The van der Waals surface area contributed by atoms with Gasteiger partial charge in [0.05, 0.1) is 6.04 Å². The average molecular weight is 212 g/mol. The fourth-order valence-electron chi connectivity index (χ4n) is 2.20. The van der Waals surface area contributed by atoms with Gasteiger partial charge in [0.1, 0.15) is 0 Å². The van der Waals surface area contributed by atoms with Gasteiger partial charge >= 0.3 is 0 Å². The first-order valence-electron chi connectivity index (χ1n) is 5.96. The summed E-state index contributed by atoms with van der Waals surface area (Å²) in [6.45, 7) is 10.4. The minimum absolute atomic E-state index is 0.0166. The molecule has 0 bridgehead atoms. The molecule has 3 heteroatoms. The molecule has 0 radical (unpaired) electrons. The van der Waals surface area contributed by atoms with Crippen LogP contribution in [-0.4, -0.2) is 25.0 Å². The van der Waals surface area contributed by atoms with Crippen molar-refractivity contribution >= 4 is 5.91 Å². The van der Waals surface area contributed by atoms with Crippen molar-refractivity contribution in [2.24, 2.45) is 11.3 Å². The lowest BCUT2D eigenvalue weighted by Crippen LogP contribution is -2.50. The van der Waals surface area contributed by atoms with Gasteiger partial charge < -0.3 is 10.6 Å². The van der Waals surface area contributed by atoms with Crippen LogP contribution in [0.25, 0.3) is 0 Å². The summed E-state index contributed by atoms with van der Waals surface area (Å²) in [5.74, 6) is 0.804. The Bertz CT molecular complexity index is 220. The van der Waals surface area contributed by atoms with Gasteiger partial charge in [-0.05, 0) is 37.6 Å². The summed E-state index contributed by atoms with van der Waals surface area (Å²) >= 11 is 0. The van der Waals surface area contributed by atoms with E-state index in [2.05, 4.69) is 31.4 Å². The lowest BCUT2D eigenvalue weighted by atomic mass is 9.73. The number of amides is 1. The Labute approximate surface area is 93.0 Å². The van der Waals surface area contributed by atoms with E-state index in [1.165, 1.54) is 6.42 Å². The first kappa shape index (κ1) is 12.5. The molecule has 0 aromatic heterocycles. The van der Waals surface area contributed by atoms with Crippen molar-refractivity contribution in [3.05, 3.63) is 0 Å². The van der Waals surface area contributed by atoms with Gasteiger partial charge in [0.2, 0.25) is 5.91 Å². The summed E-state index contributed by atoms with van der Waals surface area (Å²) in [6.07, 6.45) is 2.15. The number of carbonyl (C=O) groups is 1. The lowest BCUT2D eigenvalue weighted by molar-refractivity contribution is -0.124. The Morgan fingerprint density at radius 2 is 2.13 bits per heavy atom. The highest BCUT2D eigenvalue weighted by atomic mass is 16.2. The monoisotopic (exact) mass is 212 g/mol. The second-order valence-corrected chi connectivity index (χ2v) is 5.49. The van der Waals surface area contributed by atoms with Gasteiger partial charge in [-0.15, -0.1) is 0 Å². The molecule has 88 valence electrons. The van der Waals surface area contributed by atoms with Gasteiger partial charge in [-0.1, -0.05) is 20.8 Å². The SMILES string of the molecule is CCNC(=O)C1CC(C(C)(C)C)CCN1. The third-order valence-corrected chi connectivity index (χ3v) is 3.30. The van der Waals surface area contributed by atoms with Crippen molar-refractivity contribution in [2.75, 3.05) is 13.1 Å². The number of hydrogen-bond donors (Lipinski definition) is 2. The Balaban J connectivity index is 2.52. The molecular weight excluding hydrogens is 188 g/mol. The van der Waals surface area contributed by atoms with E-state index >= 15 is 0 Å². The second-order valence-electron chi connectivity index (χ2n) is 5.49. The highest BCUT2D eigenvalue weighted by molar-refractivity contribution is 5.81. The summed E-state index contributed by atoms with van der Waals surface area (Å²) in [6, 6.07) is 0.0166. The molecule has 0 aromatic carbocycles. The highest BCUT2D eigenvalue weighted by Crippen LogP contribution is 2.34. The zero-order valence-electron chi connectivity index (χ0n) is 10.4. The summed E-state index contributed by atoms with van der Waals surface area (Å²) in [7, 11) is 0. The van der Waals surface area contributed by atoms with Crippen LogP contribution >= 0.6 is 0 Å². The molecule has 2 unspecified atom stereocenters. The van der Waals surface area contributed by atoms with Crippen molar-refractivity contribution in [2.45, 2.75) is 46.6 Å². The van der Waals surface area contributed by atoms with Crippen LogP contribution in [0.3, 0.4) is 0 Å². The van der Waals surface area contributed by atoms with Crippen molar-refractivity contribution in [3.63, 3.8) is 0 Å². The maximum atomic E-state index is 11.7. The molecule has 3 nitrogen and oxygen atoms in total. The van der Waals surface area contributed by atoms with Gasteiger partial charge in [-0.3, -0.25) is 4.79 Å². The number of hydrogen-bond acceptors (Lipinski definition) is 2. The molecule has 1 amide bonds. The van der Waals surface area contributed by atoms with E-state index in [1.54, 1.807) is 0 Å². The van der Waals surface area contributed by atoms with Crippen molar-refractivity contribution in [1.29, 1.82) is 0 Å². The maximum Gasteiger partial charge on any atom is 0.237 e. The minimum Gasteiger partial charge on any atom is -0.355 e. The lowest BCUT2D eigenvalue weighted by Gasteiger charge is -2.37. The molecule has 1 rings (SSSR count). The fraction of sp³-hybridized carbons (Fsp3) is 0.917. The Morgan fingerprint density at radius 3 is 2.67 bits per heavy atom. The van der Waals surface area contributed by atoms with Crippen LogP contribution in [-0.2, 0) is 4.79 Å². The molecule has 15 heavy (non-hydrogen) atoms. The molecule has 0 aromatic rings. The topological polar surface area (TPSA) is 41.1 Å². The maximum absolute atomic E-state index is 11.7. The second kappa shape index (κ2) is 4.97. The molecule has 1 saturated heterocycles. The van der Waals surface area contributed by atoms with Gasteiger partial charge in [0.25, 0.3) is 0 Å². The third-order valence-electron chi connectivity index (χ3n) is 3.30. The summed E-state index contributed by atoms with van der Waals surface area (Å²) in [5, 5.41) is 6.18. The van der Waals surface area contributed by atoms with Crippen LogP contribution in [0.4, 0.5) is 0 Å². The van der Waals surface area contributed by atoms with E-state index in [4.69, 9.17) is 0 Å². The largest absolute Gasteiger partial charge is 0.355 e. The predicted octanol–water partition coefficient (Wildman–Crippen LogP) is 1.54. The molecule has 1 fully saturated rings. The predicted molar refractivity (Wildman–Crippen MR) is 62.7 cm³/mol. The van der Waals surface area contributed by atoms with Crippen LogP contribution in [0.5, 0.6) is 0 Å². The van der Waals surface area contributed by atoms with Gasteiger partial charge in [0, 0.05) is 6.54 Å². The molecule has 2 atom stereocenters. The van der Waals surface area contributed by atoms with E-state index in [9.17, 15) is 4.79 Å². The molecule has 1 heterocycles. The Hall–Kier alpha value is -0.570. The summed E-state index contributed by atoms with van der Waals surface area (Å²) in [4.78, 5) is 11.7. The molecular formula is C12H24N2O. The fourth-order valence-corrected chi connectivity index (χ4v) is 2.20. The first-order valence-corrected chi connectivity index (χ1v) is 5.96. The minimum atomic E-state index is 0.0166. The van der Waals surface area contributed by atoms with Crippen LogP contribution < -0.4 is 10.6 Å². The van der Waals surface area contributed by atoms with E-state index in [1.807, 2.05) is 6.92 Å². The van der Waals surface area contributed by atoms with Gasteiger partial charge in [-0.25, -0.2) is 0 Å². The molecule has 0 aliphatic carbocycles. The zero-order chi connectivity index (χ0) is 11.5. The highest BCUT2D eigenvalue weighted by Gasteiger charge is 2.32. The summed E-state index contributed by atoms with van der Waals surface area (Å²) in [5.41, 5.74) is 0.312. The van der Waals surface area contributed by atoms with E-state index in [0.29, 0.717) is 11.3 Å². The number of carbonyl (C=O) groups excluding carboxylic acids is 1. The van der Waals surface area contributed by atoms with Crippen molar-refractivity contribution in [1.82, 2.24) is 10.6 Å². The van der Waals surface area contributed by atoms with Crippen molar-refractivity contribution in [3.8, 4) is 0 Å². The number of likely N-dealkylation sites (N-methyl/N-ethyl adjacent to an activating group) is 1.